The van der Waals surface area contributed by atoms with Crippen LogP contribution >= 0.6 is 11.5 Å². The van der Waals surface area contributed by atoms with Crippen molar-refractivity contribution >= 4 is 11.5 Å². The molecule has 0 aliphatic heterocycles. The SMILES string of the molecule is C[C@H](O)c1csnn1. The predicted molar refractivity (Wildman–Crippen MR) is 30.5 cm³/mol. The maximum atomic E-state index is 8.82. The van der Waals surface area contributed by atoms with E-state index in [0.29, 0.717) is 5.69 Å². The van der Waals surface area contributed by atoms with Gasteiger partial charge in [0, 0.05) is 5.38 Å². The lowest BCUT2D eigenvalue weighted by molar-refractivity contribution is 0.194. The van der Waals surface area contributed by atoms with Crippen LogP contribution in [0.3, 0.4) is 0 Å². The summed E-state index contributed by atoms with van der Waals surface area (Å²) in [6.07, 6.45) is -0.478. The molecular formula is C4H6N2OS. The molecule has 0 unspecified atom stereocenters. The summed E-state index contributed by atoms with van der Waals surface area (Å²) in [6, 6.07) is 0. The lowest BCUT2D eigenvalue weighted by Gasteiger charge is -1.92. The van der Waals surface area contributed by atoms with E-state index in [4.69, 9.17) is 5.11 Å². The highest BCUT2D eigenvalue weighted by atomic mass is 32.1. The van der Waals surface area contributed by atoms with E-state index in [1.165, 1.54) is 11.5 Å². The summed E-state index contributed by atoms with van der Waals surface area (Å²) in [5.41, 5.74) is 0.648. The van der Waals surface area contributed by atoms with Gasteiger partial charge in [0.25, 0.3) is 0 Å². The second kappa shape index (κ2) is 2.19. The van der Waals surface area contributed by atoms with Crippen LogP contribution in [0, 0.1) is 0 Å². The molecule has 8 heavy (non-hydrogen) atoms. The Balaban J connectivity index is 2.77. The van der Waals surface area contributed by atoms with Gasteiger partial charge in [-0.05, 0) is 18.5 Å². The molecule has 1 aromatic rings. The fourth-order valence-electron chi connectivity index (χ4n) is 0.354. The van der Waals surface area contributed by atoms with Crippen molar-refractivity contribution < 1.29 is 5.11 Å². The summed E-state index contributed by atoms with van der Waals surface area (Å²) in [4.78, 5) is 0. The molecule has 0 saturated heterocycles. The van der Waals surface area contributed by atoms with Crippen LogP contribution in [0.25, 0.3) is 0 Å². The van der Waals surface area contributed by atoms with Crippen molar-refractivity contribution in [1.29, 1.82) is 0 Å². The van der Waals surface area contributed by atoms with Crippen molar-refractivity contribution in [2.45, 2.75) is 13.0 Å². The number of hydrogen-bond donors (Lipinski definition) is 1. The molecular weight excluding hydrogens is 124 g/mol. The number of rotatable bonds is 1. The van der Waals surface area contributed by atoms with Gasteiger partial charge in [0.15, 0.2) is 0 Å². The van der Waals surface area contributed by atoms with Crippen molar-refractivity contribution in [1.82, 2.24) is 9.59 Å². The van der Waals surface area contributed by atoms with E-state index in [2.05, 4.69) is 9.59 Å². The van der Waals surface area contributed by atoms with Gasteiger partial charge in [-0.3, -0.25) is 0 Å². The van der Waals surface area contributed by atoms with Crippen molar-refractivity contribution in [3.8, 4) is 0 Å². The van der Waals surface area contributed by atoms with Gasteiger partial charge in [0.05, 0.1) is 6.10 Å². The van der Waals surface area contributed by atoms with E-state index in [0.717, 1.165) is 0 Å². The molecule has 1 atom stereocenters. The second-order valence-electron chi connectivity index (χ2n) is 1.51. The van der Waals surface area contributed by atoms with Crippen LogP contribution < -0.4 is 0 Å². The number of aliphatic hydroxyl groups is 1. The molecule has 1 aromatic heterocycles. The Morgan fingerprint density at radius 2 is 2.62 bits per heavy atom. The highest BCUT2D eigenvalue weighted by Crippen LogP contribution is 2.07. The highest BCUT2D eigenvalue weighted by Gasteiger charge is 2.00. The standard InChI is InChI=1S/C4H6N2OS/c1-3(7)4-2-8-6-5-4/h2-3,7H,1H3/t3-/m0/s1. The molecule has 0 aromatic carbocycles. The quantitative estimate of drug-likeness (QED) is 0.605. The zero-order valence-electron chi connectivity index (χ0n) is 4.40. The van der Waals surface area contributed by atoms with Gasteiger partial charge in [-0.2, -0.15) is 0 Å². The minimum absolute atomic E-state index is 0.478. The Hall–Kier alpha value is -0.480. The number of aromatic nitrogens is 2. The van der Waals surface area contributed by atoms with Gasteiger partial charge >= 0.3 is 0 Å². The Labute approximate surface area is 51.1 Å². The first kappa shape index (κ1) is 5.65. The average Bonchev–Trinajstić information content (AvgIpc) is 2.12. The van der Waals surface area contributed by atoms with E-state index >= 15 is 0 Å². The number of aliphatic hydroxyl groups excluding tert-OH is 1. The van der Waals surface area contributed by atoms with E-state index in [-0.39, 0.29) is 0 Å². The molecule has 0 saturated carbocycles. The fraction of sp³-hybridized carbons (Fsp3) is 0.500. The Morgan fingerprint density at radius 1 is 1.88 bits per heavy atom. The van der Waals surface area contributed by atoms with E-state index < -0.39 is 6.10 Å². The summed E-state index contributed by atoms with van der Waals surface area (Å²) < 4.78 is 3.58. The minimum atomic E-state index is -0.478. The summed E-state index contributed by atoms with van der Waals surface area (Å²) >= 11 is 1.25. The maximum absolute atomic E-state index is 8.82. The zero-order valence-corrected chi connectivity index (χ0v) is 5.22. The van der Waals surface area contributed by atoms with Gasteiger partial charge in [-0.1, -0.05) is 4.49 Å². The molecule has 0 fully saturated rings. The maximum Gasteiger partial charge on any atom is 0.104 e. The molecule has 0 aliphatic rings. The second-order valence-corrected chi connectivity index (χ2v) is 2.12. The molecule has 1 rings (SSSR count). The summed E-state index contributed by atoms with van der Waals surface area (Å²) in [6.45, 7) is 1.66. The molecule has 3 nitrogen and oxygen atoms in total. The van der Waals surface area contributed by atoms with Crippen LogP contribution in [0.1, 0.15) is 18.7 Å². The molecule has 1 heterocycles. The predicted octanol–water partition coefficient (Wildman–Crippen LogP) is 0.591. The third-order valence-corrected chi connectivity index (χ3v) is 1.33. The molecule has 4 heteroatoms. The van der Waals surface area contributed by atoms with Gasteiger partial charge in [-0.25, -0.2) is 0 Å². The molecule has 0 aliphatic carbocycles. The third-order valence-electron chi connectivity index (χ3n) is 0.805. The average molecular weight is 130 g/mol. The van der Waals surface area contributed by atoms with E-state index in [1.807, 2.05) is 0 Å². The molecule has 1 N–H and O–H groups in total. The normalized spacial score (nSPS) is 13.8. The third kappa shape index (κ3) is 1.02. The van der Waals surface area contributed by atoms with Gasteiger partial charge < -0.3 is 5.11 Å². The largest absolute Gasteiger partial charge is 0.387 e. The van der Waals surface area contributed by atoms with Gasteiger partial charge in [0.1, 0.15) is 5.69 Å². The molecule has 0 radical (unpaired) electrons. The number of hydrogen-bond acceptors (Lipinski definition) is 4. The Morgan fingerprint density at radius 3 is 2.88 bits per heavy atom. The molecule has 44 valence electrons. The van der Waals surface area contributed by atoms with Crippen molar-refractivity contribution in [2.24, 2.45) is 0 Å². The summed E-state index contributed by atoms with van der Waals surface area (Å²) in [7, 11) is 0. The molecule has 0 bridgehead atoms. The topological polar surface area (TPSA) is 46.0 Å². The minimum Gasteiger partial charge on any atom is -0.387 e. The van der Waals surface area contributed by atoms with Crippen molar-refractivity contribution in [2.75, 3.05) is 0 Å². The Kier molecular flexibility index (Phi) is 1.55. The van der Waals surface area contributed by atoms with Crippen LogP contribution in [0.15, 0.2) is 5.38 Å². The van der Waals surface area contributed by atoms with Crippen LogP contribution in [-0.2, 0) is 0 Å². The van der Waals surface area contributed by atoms with Crippen LogP contribution in [0.2, 0.25) is 0 Å². The lowest BCUT2D eigenvalue weighted by Crippen LogP contribution is -1.89. The van der Waals surface area contributed by atoms with Crippen LogP contribution in [0.4, 0.5) is 0 Å². The lowest BCUT2D eigenvalue weighted by atomic mass is 10.3. The van der Waals surface area contributed by atoms with Crippen molar-refractivity contribution in [3.63, 3.8) is 0 Å². The zero-order chi connectivity index (χ0) is 5.98. The smallest absolute Gasteiger partial charge is 0.104 e. The molecule has 0 amide bonds. The molecule has 0 spiro atoms. The first-order valence-corrected chi connectivity index (χ1v) is 3.09. The van der Waals surface area contributed by atoms with Crippen molar-refractivity contribution in [3.05, 3.63) is 11.1 Å². The fourth-order valence-corrected chi connectivity index (χ4v) is 0.895. The summed E-state index contributed by atoms with van der Waals surface area (Å²) in [5, 5.41) is 14.2. The van der Waals surface area contributed by atoms with Gasteiger partial charge in [0.2, 0.25) is 0 Å². The van der Waals surface area contributed by atoms with Crippen LogP contribution in [-0.4, -0.2) is 14.7 Å². The number of nitrogens with zero attached hydrogens (tertiary/aromatic N) is 2. The Bertz CT molecular complexity index is 149. The first-order chi connectivity index (χ1) is 3.80. The first-order valence-electron chi connectivity index (χ1n) is 2.25. The van der Waals surface area contributed by atoms with E-state index in [9.17, 15) is 0 Å². The van der Waals surface area contributed by atoms with Crippen LogP contribution in [0.5, 0.6) is 0 Å². The highest BCUT2D eigenvalue weighted by molar-refractivity contribution is 7.03. The monoisotopic (exact) mass is 130 g/mol. The van der Waals surface area contributed by atoms with Gasteiger partial charge in [-0.15, -0.1) is 5.10 Å². The van der Waals surface area contributed by atoms with E-state index in [1.54, 1.807) is 12.3 Å². The summed E-state index contributed by atoms with van der Waals surface area (Å²) in [5.74, 6) is 0.